The Balaban J connectivity index is 1.91. The predicted molar refractivity (Wildman–Crippen MR) is 94.5 cm³/mol. The number of hydrogen-bond acceptors (Lipinski definition) is 2. The molecule has 0 spiro atoms. The fourth-order valence-electron chi connectivity index (χ4n) is 3.55. The van der Waals surface area contributed by atoms with Gasteiger partial charge in [0.25, 0.3) is 0 Å². The van der Waals surface area contributed by atoms with Crippen molar-refractivity contribution in [3.63, 3.8) is 0 Å². The van der Waals surface area contributed by atoms with Gasteiger partial charge in [0.15, 0.2) is 0 Å². The number of nitrogens with zero attached hydrogens (tertiary/aromatic N) is 1. The van der Waals surface area contributed by atoms with E-state index in [1.807, 2.05) is 0 Å². The standard InChI is InChI=1S/C18H29BrN2/c1-3-20-18-11-6-4-5-9-16(18)14-21(2)13-15-8-7-10-17(19)12-15/h7-8,10,12,16,18,20H,3-6,9,11,13-14H2,1-2H3. The van der Waals surface area contributed by atoms with Crippen LogP contribution in [0.5, 0.6) is 0 Å². The van der Waals surface area contributed by atoms with Gasteiger partial charge in [-0.1, -0.05) is 54.2 Å². The number of halogens is 1. The Morgan fingerprint density at radius 3 is 2.81 bits per heavy atom. The zero-order valence-corrected chi connectivity index (χ0v) is 15.0. The fraction of sp³-hybridized carbons (Fsp3) is 0.667. The summed E-state index contributed by atoms with van der Waals surface area (Å²) in [7, 11) is 2.26. The van der Waals surface area contributed by atoms with Crippen LogP contribution in [0.4, 0.5) is 0 Å². The van der Waals surface area contributed by atoms with Crippen LogP contribution in [-0.2, 0) is 6.54 Å². The van der Waals surface area contributed by atoms with Crippen LogP contribution in [0.25, 0.3) is 0 Å². The monoisotopic (exact) mass is 352 g/mol. The van der Waals surface area contributed by atoms with Gasteiger partial charge in [-0.15, -0.1) is 0 Å². The first-order chi connectivity index (χ1) is 10.2. The van der Waals surface area contributed by atoms with Crippen molar-refractivity contribution in [3.8, 4) is 0 Å². The largest absolute Gasteiger partial charge is 0.314 e. The summed E-state index contributed by atoms with van der Waals surface area (Å²) in [6.45, 7) is 5.56. The maximum atomic E-state index is 3.72. The molecule has 0 amide bonds. The van der Waals surface area contributed by atoms with Gasteiger partial charge in [0.2, 0.25) is 0 Å². The molecule has 1 aromatic rings. The van der Waals surface area contributed by atoms with Gasteiger partial charge in [-0.3, -0.25) is 0 Å². The molecule has 1 N–H and O–H groups in total. The molecule has 0 aromatic heterocycles. The van der Waals surface area contributed by atoms with E-state index in [2.05, 4.69) is 64.4 Å². The van der Waals surface area contributed by atoms with Crippen LogP contribution in [-0.4, -0.2) is 31.1 Å². The van der Waals surface area contributed by atoms with Crippen LogP contribution in [0.15, 0.2) is 28.7 Å². The van der Waals surface area contributed by atoms with Crippen LogP contribution in [0.3, 0.4) is 0 Å². The lowest BCUT2D eigenvalue weighted by Crippen LogP contribution is -2.40. The van der Waals surface area contributed by atoms with Gasteiger partial charge in [-0.25, -0.2) is 0 Å². The summed E-state index contributed by atoms with van der Waals surface area (Å²) in [4.78, 5) is 2.49. The highest BCUT2D eigenvalue weighted by molar-refractivity contribution is 9.10. The Bertz CT molecular complexity index is 421. The highest BCUT2D eigenvalue weighted by atomic mass is 79.9. The van der Waals surface area contributed by atoms with E-state index in [9.17, 15) is 0 Å². The van der Waals surface area contributed by atoms with Gasteiger partial charge >= 0.3 is 0 Å². The van der Waals surface area contributed by atoms with Crippen molar-refractivity contribution < 1.29 is 0 Å². The third kappa shape index (κ3) is 5.72. The third-order valence-corrected chi connectivity index (χ3v) is 5.01. The van der Waals surface area contributed by atoms with E-state index in [4.69, 9.17) is 0 Å². The lowest BCUT2D eigenvalue weighted by molar-refractivity contribution is 0.220. The highest BCUT2D eigenvalue weighted by Crippen LogP contribution is 2.25. The molecule has 21 heavy (non-hydrogen) atoms. The Kier molecular flexibility index (Phi) is 7.21. The summed E-state index contributed by atoms with van der Waals surface area (Å²) < 4.78 is 1.17. The molecule has 1 aliphatic rings. The molecule has 2 atom stereocenters. The van der Waals surface area contributed by atoms with Crippen molar-refractivity contribution in [2.45, 2.75) is 51.6 Å². The molecule has 3 heteroatoms. The van der Waals surface area contributed by atoms with Crippen LogP contribution in [0, 0.1) is 5.92 Å². The zero-order valence-electron chi connectivity index (χ0n) is 13.4. The maximum Gasteiger partial charge on any atom is 0.0231 e. The van der Waals surface area contributed by atoms with E-state index in [1.165, 1.54) is 48.7 Å². The average Bonchev–Trinajstić information content (AvgIpc) is 2.65. The fourth-order valence-corrected chi connectivity index (χ4v) is 3.99. The first-order valence-electron chi connectivity index (χ1n) is 8.35. The lowest BCUT2D eigenvalue weighted by Gasteiger charge is -2.30. The molecule has 1 saturated carbocycles. The minimum atomic E-state index is 0.711. The molecule has 1 aliphatic carbocycles. The first kappa shape index (κ1) is 17.0. The lowest BCUT2D eigenvalue weighted by atomic mass is 9.94. The van der Waals surface area contributed by atoms with Crippen molar-refractivity contribution in [2.75, 3.05) is 20.1 Å². The number of nitrogens with one attached hydrogen (secondary N) is 1. The molecule has 0 bridgehead atoms. The second kappa shape index (κ2) is 8.92. The van der Waals surface area contributed by atoms with E-state index in [-0.39, 0.29) is 0 Å². The first-order valence-corrected chi connectivity index (χ1v) is 9.14. The van der Waals surface area contributed by atoms with E-state index >= 15 is 0 Å². The van der Waals surface area contributed by atoms with Crippen LogP contribution < -0.4 is 5.32 Å². The minimum Gasteiger partial charge on any atom is -0.314 e. The second-order valence-electron chi connectivity index (χ2n) is 6.39. The second-order valence-corrected chi connectivity index (χ2v) is 7.30. The molecule has 1 fully saturated rings. The third-order valence-electron chi connectivity index (χ3n) is 4.51. The molecule has 0 aliphatic heterocycles. The number of hydrogen-bond donors (Lipinski definition) is 1. The van der Waals surface area contributed by atoms with Gasteiger partial charge in [0, 0.05) is 23.6 Å². The summed E-state index contributed by atoms with van der Waals surface area (Å²) in [5.74, 6) is 0.796. The molecule has 2 unspecified atom stereocenters. The Hall–Kier alpha value is -0.380. The molecule has 118 valence electrons. The smallest absolute Gasteiger partial charge is 0.0231 e. The minimum absolute atomic E-state index is 0.711. The summed E-state index contributed by atoms with van der Waals surface area (Å²) in [5, 5.41) is 3.72. The predicted octanol–water partition coefficient (Wildman–Crippen LogP) is 4.44. The van der Waals surface area contributed by atoms with Gasteiger partial charge in [0.05, 0.1) is 0 Å². The summed E-state index contributed by atoms with van der Waals surface area (Å²) in [6.07, 6.45) is 6.93. The molecule has 0 radical (unpaired) electrons. The number of benzene rings is 1. The van der Waals surface area contributed by atoms with Crippen LogP contribution in [0.1, 0.15) is 44.6 Å². The van der Waals surface area contributed by atoms with Crippen LogP contribution >= 0.6 is 15.9 Å². The highest BCUT2D eigenvalue weighted by Gasteiger charge is 2.23. The van der Waals surface area contributed by atoms with E-state index in [0.29, 0.717) is 6.04 Å². The number of rotatable bonds is 6. The Morgan fingerprint density at radius 1 is 1.24 bits per heavy atom. The molecule has 0 heterocycles. The quantitative estimate of drug-likeness (QED) is 0.761. The van der Waals surface area contributed by atoms with E-state index < -0.39 is 0 Å². The molecule has 2 rings (SSSR count). The van der Waals surface area contributed by atoms with Crippen molar-refractivity contribution in [1.82, 2.24) is 10.2 Å². The zero-order chi connectivity index (χ0) is 15.1. The van der Waals surface area contributed by atoms with Crippen molar-refractivity contribution >= 4 is 15.9 Å². The van der Waals surface area contributed by atoms with Gasteiger partial charge in [-0.2, -0.15) is 0 Å². The SMILES string of the molecule is CCNC1CCCCCC1CN(C)Cc1cccc(Br)c1. The van der Waals surface area contributed by atoms with Crippen molar-refractivity contribution in [1.29, 1.82) is 0 Å². The molecule has 1 aromatic carbocycles. The van der Waals surface area contributed by atoms with Gasteiger partial charge < -0.3 is 10.2 Å². The normalized spacial score (nSPS) is 23.2. The van der Waals surface area contributed by atoms with Crippen molar-refractivity contribution in [3.05, 3.63) is 34.3 Å². The van der Waals surface area contributed by atoms with Crippen molar-refractivity contribution in [2.24, 2.45) is 5.92 Å². The van der Waals surface area contributed by atoms with Crippen LogP contribution in [0.2, 0.25) is 0 Å². The Morgan fingerprint density at radius 2 is 2.05 bits per heavy atom. The summed E-state index contributed by atoms with van der Waals surface area (Å²) in [6, 6.07) is 9.38. The Labute approximate surface area is 138 Å². The van der Waals surface area contributed by atoms with E-state index in [1.54, 1.807) is 0 Å². The van der Waals surface area contributed by atoms with Gasteiger partial charge in [-0.05, 0) is 50.0 Å². The summed E-state index contributed by atoms with van der Waals surface area (Å²) in [5.41, 5.74) is 1.39. The average molecular weight is 353 g/mol. The molecule has 0 saturated heterocycles. The maximum absolute atomic E-state index is 3.72. The molecule has 2 nitrogen and oxygen atoms in total. The molecular formula is C18H29BrN2. The van der Waals surface area contributed by atoms with E-state index in [0.717, 1.165) is 19.0 Å². The topological polar surface area (TPSA) is 15.3 Å². The van der Waals surface area contributed by atoms with Gasteiger partial charge in [0.1, 0.15) is 0 Å². The summed E-state index contributed by atoms with van der Waals surface area (Å²) >= 11 is 3.56. The molecular weight excluding hydrogens is 324 g/mol.